The number of rotatable bonds is 7. The van der Waals surface area contributed by atoms with Gasteiger partial charge in [0.25, 0.3) is 0 Å². The highest BCUT2D eigenvalue weighted by Gasteiger charge is 2.25. The maximum Gasteiger partial charge on any atom is 0.0547 e. The van der Waals surface area contributed by atoms with Gasteiger partial charge in [-0.25, -0.2) is 0 Å². The number of aromatic nitrogens is 1. The van der Waals surface area contributed by atoms with Crippen LogP contribution in [0.1, 0.15) is 44.0 Å². The summed E-state index contributed by atoms with van der Waals surface area (Å²) >= 11 is 0. The Morgan fingerprint density at radius 3 is 2.75 bits per heavy atom. The fraction of sp³-hybridized carbons (Fsp3) is 0.706. The molecule has 112 valence electrons. The monoisotopic (exact) mass is 275 g/mol. The summed E-state index contributed by atoms with van der Waals surface area (Å²) in [5, 5.41) is 3.69. The van der Waals surface area contributed by atoms with Gasteiger partial charge in [-0.15, -0.1) is 0 Å². The zero-order valence-corrected chi connectivity index (χ0v) is 13.2. The summed E-state index contributed by atoms with van der Waals surface area (Å²) in [6, 6.07) is 6.92. The minimum atomic E-state index is 0.636. The molecule has 1 fully saturated rings. The topological polar surface area (TPSA) is 28.2 Å². The lowest BCUT2D eigenvalue weighted by Crippen LogP contribution is -2.43. The molecule has 1 aromatic rings. The van der Waals surface area contributed by atoms with Gasteiger partial charge in [0.05, 0.1) is 5.69 Å². The third-order valence-corrected chi connectivity index (χ3v) is 4.32. The fourth-order valence-electron chi connectivity index (χ4n) is 3.37. The summed E-state index contributed by atoms with van der Waals surface area (Å²) in [7, 11) is 2.21. The molecular weight excluding hydrogens is 246 g/mol. The van der Waals surface area contributed by atoms with Crippen LogP contribution in [-0.2, 0) is 6.54 Å². The fourth-order valence-corrected chi connectivity index (χ4v) is 3.37. The van der Waals surface area contributed by atoms with Crippen molar-refractivity contribution in [1.82, 2.24) is 15.2 Å². The molecule has 1 saturated carbocycles. The Labute approximate surface area is 123 Å². The van der Waals surface area contributed by atoms with Crippen molar-refractivity contribution in [2.45, 2.75) is 52.1 Å². The van der Waals surface area contributed by atoms with Gasteiger partial charge in [0.15, 0.2) is 0 Å². The first kappa shape index (κ1) is 15.5. The van der Waals surface area contributed by atoms with Gasteiger partial charge in [-0.05, 0) is 51.4 Å². The normalized spacial score (nSPS) is 17.8. The smallest absolute Gasteiger partial charge is 0.0547 e. The van der Waals surface area contributed by atoms with E-state index in [0.29, 0.717) is 6.04 Å². The number of nitrogens with one attached hydrogen (secondary N) is 1. The highest BCUT2D eigenvalue weighted by Crippen LogP contribution is 2.28. The number of hydrogen-bond acceptors (Lipinski definition) is 3. The number of nitrogens with zero attached hydrogens (tertiary/aromatic N) is 2. The number of aryl methyl sites for hydroxylation is 1. The quantitative estimate of drug-likeness (QED) is 0.829. The van der Waals surface area contributed by atoms with E-state index < -0.39 is 0 Å². The molecule has 1 aliphatic rings. The molecule has 1 N–H and O–H groups in total. The van der Waals surface area contributed by atoms with Crippen LogP contribution in [0.4, 0.5) is 0 Å². The van der Waals surface area contributed by atoms with E-state index in [4.69, 9.17) is 0 Å². The Bertz CT molecular complexity index is 399. The van der Waals surface area contributed by atoms with Crippen molar-refractivity contribution < 1.29 is 0 Å². The molecule has 3 heteroatoms. The van der Waals surface area contributed by atoms with Crippen molar-refractivity contribution >= 4 is 0 Å². The van der Waals surface area contributed by atoms with E-state index in [1.807, 2.05) is 0 Å². The summed E-state index contributed by atoms with van der Waals surface area (Å²) in [6.45, 7) is 7.40. The van der Waals surface area contributed by atoms with Crippen LogP contribution in [0, 0.1) is 12.8 Å². The minimum absolute atomic E-state index is 0.636. The number of likely N-dealkylation sites (N-methyl/N-ethyl adjacent to an activating group) is 2. The molecule has 2 rings (SSSR count). The largest absolute Gasteiger partial charge is 0.313 e. The maximum absolute atomic E-state index is 4.60. The molecule has 1 aliphatic carbocycles. The molecule has 0 spiro atoms. The van der Waals surface area contributed by atoms with E-state index in [1.165, 1.54) is 31.4 Å². The first-order chi connectivity index (χ1) is 9.69. The van der Waals surface area contributed by atoms with Crippen LogP contribution in [0.2, 0.25) is 0 Å². The van der Waals surface area contributed by atoms with Crippen molar-refractivity contribution in [2.24, 2.45) is 5.92 Å². The molecule has 3 nitrogen and oxygen atoms in total. The molecule has 1 aromatic heterocycles. The zero-order chi connectivity index (χ0) is 14.4. The molecule has 1 heterocycles. The number of hydrogen-bond donors (Lipinski definition) is 1. The van der Waals surface area contributed by atoms with E-state index >= 15 is 0 Å². The van der Waals surface area contributed by atoms with E-state index in [2.05, 4.69) is 54.3 Å². The van der Waals surface area contributed by atoms with Crippen LogP contribution in [0.5, 0.6) is 0 Å². The van der Waals surface area contributed by atoms with E-state index in [9.17, 15) is 0 Å². The maximum atomic E-state index is 4.60. The Morgan fingerprint density at radius 2 is 2.10 bits per heavy atom. The van der Waals surface area contributed by atoms with Crippen LogP contribution in [0.25, 0.3) is 0 Å². The molecule has 20 heavy (non-hydrogen) atoms. The van der Waals surface area contributed by atoms with Crippen LogP contribution >= 0.6 is 0 Å². The van der Waals surface area contributed by atoms with E-state index in [1.54, 1.807) is 0 Å². The molecule has 1 unspecified atom stereocenters. The minimum Gasteiger partial charge on any atom is -0.313 e. The summed E-state index contributed by atoms with van der Waals surface area (Å²) in [6.07, 6.45) is 5.62. The molecule has 0 amide bonds. The standard InChI is InChI=1S/C17H29N3/c1-4-18-17(15-9-5-6-10-15)13-20(3)12-16-11-7-8-14(2)19-16/h7-8,11,15,17-18H,4-6,9-10,12-13H2,1-3H3. The van der Waals surface area contributed by atoms with Gasteiger partial charge < -0.3 is 5.32 Å². The molecule has 0 bridgehead atoms. The Morgan fingerprint density at radius 1 is 1.35 bits per heavy atom. The van der Waals surface area contributed by atoms with Gasteiger partial charge in [-0.2, -0.15) is 0 Å². The lowest BCUT2D eigenvalue weighted by Gasteiger charge is -2.29. The lowest BCUT2D eigenvalue weighted by atomic mass is 9.97. The van der Waals surface area contributed by atoms with Crippen molar-refractivity contribution in [3.63, 3.8) is 0 Å². The van der Waals surface area contributed by atoms with Crippen LogP contribution < -0.4 is 5.32 Å². The van der Waals surface area contributed by atoms with Crippen molar-refractivity contribution in [3.8, 4) is 0 Å². The summed E-state index contributed by atoms with van der Waals surface area (Å²) < 4.78 is 0. The summed E-state index contributed by atoms with van der Waals surface area (Å²) in [5.74, 6) is 0.864. The van der Waals surface area contributed by atoms with Gasteiger partial charge in [0.1, 0.15) is 0 Å². The van der Waals surface area contributed by atoms with Crippen molar-refractivity contribution in [2.75, 3.05) is 20.1 Å². The predicted molar refractivity (Wildman–Crippen MR) is 84.7 cm³/mol. The third-order valence-electron chi connectivity index (χ3n) is 4.32. The second-order valence-corrected chi connectivity index (χ2v) is 6.18. The average molecular weight is 275 g/mol. The number of pyridine rings is 1. The molecule has 0 aliphatic heterocycles. The van der Waals surface area contributed by atoms with Gasteiger partial charge in [-0.1, -0.05) is 25.8 Å². The van der Waals surface area contributed by atoms with E-state index in [-0.39, 0.29) is 0 Å². The Hall–Kier alpha value is -0.930. The third kappa shape index (κ3) is 4.57. The van der Waals surface area contributed by atoms with Crippen LogP contribution in [0.15, 0.2) is 18.2 Å². The van der Waals surface area contributed by atoms with Gasteiger partial charge >= 0.3 is 0 Å². The molecule has 0 saturated heterocycles. The molecule has 0 radical (unpaired) electrons. The highest BCUT2D eigenvalue weighted by molar-refractivity contribution is 5.09. The molecular formula is C17H29N3. The van der Waals surface area contributed by atoms with Gasteiger partial charge in [-0.3, -0.25) is 9.88 Å². The second-order valence-electron chi connectivity index (χ2n) is 6.18. The van der Waals surface area contributed by atoms with Crippen molar-refractivity contribution in [3.05, 3.63) is 29.6 Å². The predicted octanol–water partition coefficient (Wildman–Crippen LogP) is 2.99. The summed E-state index contributed by atoms with van der Waals surface area (Å²) in [5.41, 5.74) is 2.28. The van der Waals surface area contributed by atoms with E-state index in [0.717, 1.165) is 31.2 Å². The van der Waals surface area contributed by atoms with Gasteiger partial charge in [0, 0.05) is 24.8 Å². The SMILES string of the molecule is CCNC(CN(C)Cc1cccc(C)n1)C1CCCC1. The Balaban J connectivity index is 1.88. The highest BCUT2D eigenvalue weighted by atomic mass is 15.1. The molecule has 1 atom stereocenters. The first-order valence-corrected chi connectivity index (χ1v) is 8.03. The Kier molecular flexibility index (Phi) is 5.99. The molecule has 0 aromatic carbocycles. The van der Waals surface area contributed by atoms with Crippen LogP contribution in [-0.4, -0.2) is 36.1 Å². The lowest BCUT2D eigenvalue weighted by molar-refractivity contribution is 0.235. The first-order valence-electron chi connectivity index (χ1n) is 8.03. The van der Waals surface area contributed by atoms with Crippen molar-refractivity contribution in [1.29, 1.82) is 0 Å². The van der Waals surface area contributed by atoms with Crippen LogP contribution in [0.3, 0.4) is 0 Å². The summed E-state index contributed by atoms with van der Waals surface area (Å²) in [4.78, 5) is 7.01. The average Bonchev–Trinajstić information content (AvgIpc) is 2.92. The van der Waals surface area contributed by atoms with Gasteiger partial charge in [0.2, 0.25) is 0 Å². The zero-order valence-electron chi connectivity index (χ0n) is 13.2. The second kappa shape index (κ2) is 7.75.